The maximum absolute atomic E-state index is 11.6. The third-order valence-electron chi connectivity index (χ3n) is 2.53. The molecule has 3 N–H and O–H groups in total. The number of nitrogens with two attached hydrogens (primary N) is 1. The van der Waals surface area contributed by atoms with E-state index in [0.29, 0.717) is 5.92 Å². The van der Waals surface area contributed by atoms with E-state index < -0.39 is 6.04 Å². The minimum Gasteiger partial charge on any atom is -0.383 e. The van der Waals surface area contributed by atoms with Gasteiger partial charge in [0.15, 0.2) is 0 Å². The van der Waals surface area contributed by atoms with Crippen LogP contribution in [0.1, 0.15) is 25.3 Å². The molecule has 1 aromatic rings. The van der Waals surface area contributed by atoms with E-state index >= 15 is 0 Å². The summed E-state index contributed by atoms with van der Waals surface area (Å²) in [6.07, 6.45) is 0. The summed E-state index contributed by atoms with van der Waals surface area (Å²) in [5.74, 6) is 0.250. The summed E-state index contributed by atoms with van der Waals surface area (Å²) in [6.45, 7) is 4.47. The van der Waals surface area contributed by atoms with Gasteiger partial charge in [0.1, 0.15) is 6.04 Å². The number of benzene rings is 1. The molecule has 0 aromatic heterocycles. The first-order valence-corrected chi connectivity index (χ1v) is 5.70. The van der Waals surface area contributed by atoms with Crippen molar-refractivity contribution in [3.63, 3.8) is 0 Å². The van der Waals surface area contributed by atoms with Gasteiger partial charge in [0.2, 0.25) is 5.91 Å². The zero-order chi connectivity index (χ0) is 12.8. The van der Waals surface area contributed by atoms with E-state index in [9.17, 15) is 4.79 Å². The van der Waals surface area contributed by atoms with Crippen LogP contribution in [0.5, 0.6) is 0 Å². The van der Waals surface area contributed by atoms with Gasteiger partial charge in [-0.25, -0.2) is 0 Å². The van der Waals surface area contributed by atoms with Crippen molar-refractivity contribution < 1.29 is 9.53 Å². The van der Waals surface area contributed by atoms with Gasteiger partial charge in [0.05, 0.1) is 6.61 Å². The molecule has 17 heavy (non-hydrogen) atoms. The van der Waals surface area contributed by atoms with Crippen molar-refractivity contribution in [3.8, 4) is 0 Å². The second-order valence-corrected chi connectivity index (χ2v) is 4.33. The van der Waals surface area contributed by atoms with E-state index in [-0.39, 0.29) is 12.5 Å². The lowest BCUT2D eigenvalue weighted by atomic mass is 10.0. The highest BCUT2D eigenvalue weighted by Crippen LogP contribution is 2.17. The highest BCUT2D eigenvalue weighted by Gasteiger charge is 2.12. The molecule has 0 heterocycles. The normalized spacial score (nSPS) is 12.5. The quantitative estimate of drug-likeness (QED) is 0.818. The van der Waals surface area contributed by atoms with Crippen LogP contribution in [-0.4, -0.2) is 25.7 Å². The predicted molar refractivity (Wildman–Crippen MR) is 69.0 cm³/mol. The van der Waals surface area contributed by atoms with E-state index in [1.54, 1.807) is 0 Å². The first kappa shape index (κ1) is 13.7. The Morgan fingerprint density at radius 2 is 1.94 bits per heavy atom. The number of hydrogen-bond donors (Lipinski definition) is 2. The molecule has 0 aliphatic heterocycles. The fourth-order valence-electron chi connectivity index (χ4n) is 1.44. The number of methoxy groups -OCH3 is 1. The smallest absolute Gasteiger partial charge is 0.243 e. The van der Waals surface area contributed by atoms with E-state index in [0.717, 1.165) is 5.69 Å². The van der Waals surface area contributed by atoms with Crippen LogP contribution in [-0.2, 0) is 9.53 Å². The molecule has 94 valence electrons. The van der Waals surface area contributed by atoms with E-state index in [1.165, 1.54) is 12.7 Å². The lowest BCUT2D eigenvalue weighted by Crippen LogP contribution is -2.39. The molecule has 1 unspecified atom stereocenters. The van der Waals surface area contributed by atoms with E-state index in [4.69, 9.17) is 10.5 Å². The number of rotatable bonds is 5. The molecule has 4 nitrogen and oxygen atoms in total. The van der Waals surface area contributed by atoms with Crippen LogP contribution < -0.4 is 11.1 Å². The lowest BCUT2D eigenvalue weighted by Gasteiger charge is -2.12. The number of carbonyl (C=O) groups excluding carboxylic acids is 1. The highest BCUT2D eigenvalue weighted by atomic mass is 16.5. The third kappa shape index (κ3) is 4.17. The van der Waals surface area contributed by atoms with Crippen LogP contribution >= 0.6 is 0 Å². The van der Waals surface area contributed by atoms with Gasteiger partial charge in [-0.1, -0.05) is 26.0 Å². The molecule has 1 rings (SSSR count). The maximum atomic E-state index is 11.6. The van der Waals surface area contributed by atoms with Gasteiger partial charge >= 0.3 is 0 Å². The van der Waals surface area contributed by atoms with Crippen LogP contribution in [0.15, 0.2) is 24.3 Å². The number of nitrogens with one attached hydrogen (secondary N) is 1. The van der Waals surface area contributed by atoms with Crippen molar-refractivity contribution in [2.75, 3.05) is 19.0 Å². The molecule has 1 amide bonds. The number of carbonyl (C=O) groups is 1. The summed E-state index contributed by atoms with van der Waals surface area (Å²) in [7, 11) is 1.52. The Kier molecular flexibility index (Phi) is 5.12. The van der Waals surface area contributed by atoms with Gasteiger partial charge in [-0.3, -0.25) is 4.79 Å². The average molecular weight is 236 g/mol. The minimum absolute atomic E-state index is 0.218. The van der Waals surface area contributed by atoms with Gasteiger partial charge < -0.3 is 15.8 Å². The van der Waals surface area contributed by atoms with Gasteiger partial charge in [0.25, 0.3) is 0 Å². The average Bonchev–Trinajstić information content (AvgIpc) is 2.30. The van der Waals surface area contributed by atoms with Crippen molar-refractivity contribution in [1.29, 1.82) is 0 Å². The first-order chi connectivity index (χ1) is 8.04. The molecular formula is C13H20N2O2. The largest absolute Gasteiger partial charge is 0.383 e. The molecule has 0 fully saturated rings. The fourth-order valence-corrected chi connectivity index (χ4v) is 1.44. The minimum atomic E-state index is -0.634. The van der Waals surface area contributed by atoms with Crippen molar-refractivity contribution in [3.05, 3.63) is 29.8 Å². The van der Waals surface area contributed by atoms with Crippen molar-refractivity contribution in [1.82, 2.24) is 0 Å². The number of hydrogen-bond acceptors (Lipinski definition) is 3. The van der Waals surface area contributed by atoms with Crippen LogP contribution in [0.25, 0.3) is 0 Å². The van der Waals surface area contributed by atoms with Crippen molar-refractivity contribution in [2.24, 2.45) is 5.73 Å². The standard InChI is InChI=1S/C13H20N2O2/c1-9(2)10-4-6-11(7-5-10)15-13(16)12(14)8-17-3/h4-7,9,12H,8,14H2,1-3H3,(H,15,16). The van der Waals surface area contributed by atoms with Crippen LogP contribution in [0, 0.1) is 0 Å². The van der Waals surface area contributed by atoms with Crippen molar-refractivity contribution >= 4 is 11.6 Å². The van der Waals surface area contributed by atoms with Crippen molar-refractivity contribution in [2.45, 2.75) is 25.8 Å². The Bertz CT molecular complexity index is 360. The Morgan fingerprint density at radius 3 is 2.41 bits per heavy atom. The second-order valence-electron chi connectivity index (χ2n) is 4.33. The van der Waals surface area contributed by atoms with Crippen LogP contribution in [0.4, 0.5) is 5.69 Å². The summed E-state index contributed by atoms with van der Waals surface area (Å²) >= 11 is 0. The molecule has 0 spiro atoms. The Morgan fingerprint density at radius 1 is 1.35 bits per heavy atom. The zero-order valence-corrected chi connectivity index (χ0v) is 10.6. The highest BCUT2D eigenvalue weighted by molar-refractivity contribution is 5.94. The molecule has 0 saturated heterocycles. The molecule has 4 heteroatoms. The Labute approximate surface area is 102 Å². The lowest BCUT2D eigenvalue weighted by molar-refractivity contribution is -0.118. The molecule has 1 aromatic carbocycles. The SMILES string of the molecule is COCC(N)C(=O)Nc1ccc(C(C)C)cc1. The summed E-state index contributed by atoms with van der Waals surface area (Å²) in [4.78, 5) is 11.6. The summed E-state index contributed by atoms with van der Waals surface area (Å²) in [5.41, 5.74) is 7.61. The summed E-state index contributed by atoms with van der Waals surface area (Å²) in [5, 5.41) is 2.75. The van der Waals surface area contributed by atoms with Gasteiger partial charge in [0, 0.05) is 12.8 Å². The first-order valence-electron chi connectivity index (χ1n) is 5.70. The maximum Gasteiger partial charge on any atom is 0.243 e. The van der Waals surface area contributed by atoms with Gasteiger partial charge in [-0.2, -0.15) is 0 Å². The van der Waals surface area contributed by atoms with Crippen LogP contribution in [0.3, 0.4) is 0 Å². The fraction of sp³-hybridized carbons (Fsp3) is 0.462. The molecule has 0 aliphatic carbocycles. The van der Waals surface area contributed by atoms with Gasteiger partial charge in [-0.05, 0) is 23.6 Å². The monoisotopic (exact) mass is 236 g/mol. The molecule has 0 bridgehead atoms. The van der Waals surface area contributed by atoms with Crippen LogP contribution in [0.2, 0.25) is 0 Å². The molecule has 0 radical (unpaired) electrons. The predicted octanol–water partition coefficient (Wildman–Crippen LogP) is 1.72. The van der Waals surface area contributed by atoms with E-state index in [1.807, 2.05) is 24.3 Å². The molecule has 1 atom stereocenters. The Balaban J connectivity index is 2.60. The number of amides is 1. The summed E-state index contributed by atoms with van der Waals surface area (Å²) in [6, 6.07) is 7.13. The zero-order valence-electron chi connectivity index (χ0n) is 10.6. The number of anilines is 1. The van der Waals surface area contributed by atoms with Gasteiger partial charge in [-0.15, -0.1) is 0 Å². The molecule has 0 saturated carbocycles. The topological polar surface area (TPSA) is 64.3 Å². The Hall–Kier alpha value is -1.39. The summed E-state index contributed by atoms with van der Waals surface area (Å²) < 4.78 is 4.83. The number of ether oxygens (including phenoxy) is 1. The molecular weight excluding hydrogens is 216 g/mol. The second kappa shape index (κ2) is 6.37. The third-order valence-corrected chi connectivity index (χ3v) is 2.53. The van der Waals surface area contributed by atoms with E-state index in [2.05, 4.69) is 19.2 Å². The molecule has 0 aliphatic rings.